The van der Waals surface area contributed by atoms with Crippen molar-refractivity contribution in [1.82, 2.24) is 4.90 Å². The molecule has 1 fully saturated rings. The lowest BCUT2D eigenvalue weighted by Gasteiger charge is -2.36. The fraction of sp³-hybridized carbons (Fsp3) is 0.286. The minimum absolute atomic E-state index is 0.132. The summed E-state index contributed by atoms with van der Waals surface area (Å²) in [7, 11) is 0. The number of amides is 1. The van der Waals surface area contributed by atoms with Gasteiger partial charge in [0, 0.05) is 44.8 Å². The van der Waals surface area contributed by atoms with E-state index in [9.17, 15) is 14.7 Å². The van der Waals surface area contributed by atoms with Gasteiger partial charge in [0.1, 0.15) is 0 Å². The summed E-state index contributed by atoms with van der Waals surface area (Å²) in [6, 6.07) is 13.7. The monoisotopic (exact) mass is 412 g/mol. The highest BCUT2D eigenvalue weighted by molar-refractivity contribution is 6.34. The van der Waals surface area contributed by atoms with Crippen molar-refractivity contribution in [2.24, 2.45) is 0 Å². The van der Waals surface area contributed by atoms with Gasteiger partial charge in [0.15, 0.2) is 0 Å². The Morgan fingerprint density at radius 3 is 2.48 bits per heavy atom. The van der Waals surface area contributed by atoms with Gasteiger partial charge in [-0.2, -0.15) is 5.26 Å². The van der Waals surface area contributed by atoms with Crippen LogP contribution in [0.4, 0.5) is 11.4 Å². The number of nitrogens with zero attached hydrogens (tertiary/aromatic N) is 3. The number of nitriles is 1. The van der Waals surface area contributed by atoms with Gasteiger partial charge in [0.2, 0.25) is 0 Å². The van der Waals surface area contributed by atoms with Crippen molar-refractivity contribution in [3.8, 4) is 6.07 Å². The van der Waals surface area contributed by atoms with Crippen LogP contribution in [0.1, 0.15) is 27.1 Å². The van der Waals surface area contributed by atoms with E-state index in [1.165, 1.54) is 6.07 Å². The molecule has 150 valence electrons. The van der Waals surface area contributed by atoms with Gasteiger partial charge in [0.25, 0.3) is 5.91 Å². The SMILES string of the molecule is N#CCCN1CCN(c2ccc(NC(=O)c3ccccc3Cl)cc2C(=O)O)CC1. The molecule has 3 rings (SSSR count). The smallest absolute Gasteiger partial charge is 0.337 e. The third-order valence-electron chi connectivity index (χ3n) is 4.86. The molecule has 0 aromatic heterocycles. The molecule has 2 aromatic carbocycles. The zero-order valence-electron chi connectivity index (χ0n) is 15.8. The van der Waals surface area contributed by atoms with E-state index in [0.717, 1.165) is 19.6 Å². The summed E-state index contributed by atoms with van der Waals surface area (Å²) < 4.78 is 0. The summed E-state index contributed by atoms with van der Waals surface area (Å²) in [5, 5.41) is 21.4. The van der Waals surface area contributed by atoms with E-state index in [4.69, 9.17) is 16.9 Å². The van der Waals surface area contributed by atoms with Crippen LogP contribution in [0.3, 0.4) is 0 Å². The van der Waals surface area contributed by atoms with Gasteiger partial charge in [-0.25, -0.2) is 4.79 Å². The topological polar surface area (TPSA) is 96.7 Å². The molecule has 0 saturated carbocycles. The fourth-order valence-corrected chi connectivity index (χ4v) is 3.55. The molecule has 29 heavy (non-hydrogen) atoms. The zero-order valence-corrected chi connectivity index (χ0v) is 16.5. The molecule has 2 N–H and O–H groups in total. The molecule has 0 radical (unpaired) electrons. The van der Waals surface area contributed by atoms with Crippen LogP contribution in [0, 0.1) is 11.3 Å². The molecule has 1 heterocycles. The number of anilines is 2. The first kappa shape index (κ1) is 20.6. The number of halogens is 1. The van der Waals surface area contributed by atoms with Crippen molar-refractivity contribution in [3.05, 3.63) is 58.6 Å². The Labute approximate surface area is 174 Å². The van der Waals surface area contributed by atoms with Crippen molar-refractivity contribution >= 4 is 34.9 Å². The first-order valence-corrected chi connectivity index (χ1v) is 9.65. The molecule has 0 aliphatic carbocycles. The molecule has 1 saturated heterocycles. The van der Waals surface area contributed by atoms with Crippen LogP contribution in [-0.2, 0) is 0 Å². The van der Waals surface area contributed by atoms with Crippen molar-refractivity contribution < 1.29 is 14.7 Å². The van der Waals surface area contributed by atoms with E-state index in [1.807, 2.05) is 4.90 Å². The summed E-state index contributed by atoms with van der Waals surface area (Å²) >= 11 is 6.05. The standard InChI is InChI=1S/C21H21ClN4O3/c22-18-5-2-1-4-16(18)20(27)24-15-6-7-19(17(14-15)21(28)29)26-12-10-25(11-13-26)9-3-8-23/h1-2,4-7,14H,3,9-13H2,(H,24,27)(H,28,29). The maximum atomic E-state index is 12.4. The van der Waals surface area contributed by atoms with Gasteiger partial charge in [-0.05, 0) is 30.3 Å². The Morgan fingerprint density at radius 2 is 1.83 bits per heavy atom. The Balaban J connectivity index is 1.74. The lowest BCUT2D eigenvalue weighted by molar-refractivity contribution is 0.0697. The molecule has 1 aliphatic heterocycles. The predicted octanol–water partition coefficient (Wildman–Crippen LogP) is 3.33. The highest BCUT2D eigenvalue weighted by atomic mass is 35.5. The number of carboxylic acid groups (broad SMARTS) is 1. The molecule has 2 aromatic rings. The van der Waals surface area contributed by atoms with Gasteiger partial charge in [-0.1, -0.05) is 23.7 Å². The van der Waals surface area contributed by atoms with Crippen molar-refractivity contribution in [1.29, 1.82) is 5.26 Å². The number of hydrogen-bond acceptors (Lipinski definition) is 5. The van der Waals surface area contributed by atoms with Gasteiger partial charge in [-0.3, -0.25) is 9.69 Å². The maximum absolute atomic E-state index is 12.4. The van der Waals surface area contributed by atoms with Crippen molar-refractivity contribution in [2.45, 2.75) is 6.42 Å². The Hall–Kier alpha value is -3.08. The molecule has 0 atom stereocenters. The number of carbonyl (C=O) groups excluding carboxylic acids is 1. The summed E-state index contributed by atoms with van der Waals surface area (Å²) in [5.41, 5.74) is 1.47. The number of aromatic carboxylic acids is 1. The number of carboxylic acids is 1. The highest BCUT2D eigenvalue weighted by Gasteiger charge is 2.22. The van der Waals surface area contributed by atoms with Gasteiger partial charge in [-0.15, -0.1) is 0 Å². The second kappa shape index (κ2) is 9.41. The lowest BCUT2D eigenvalue weighted by atomic mass is 10.1. The van der Waals surface area contributed by atoms with Gasteiger partial charge in [0.05, 0.1) is 27.9 Å². The number of nitrogens with one attached hydrogen (secondary N) is 1. The number of benzene rings is 2. The van der Waals surface area contributed by atoms with Crippen molar-refractivity contribution in [3.63, 3.8) is 0 Å². The summed E-state index contributed by atoms with van der Waals surface area (Å²) in [5.74, 6) is -1.45. The predicted molar refractivity (Wildman–Crippen MR) is 112 cm³/mol. The summed E-state index contributed by atoms with van der Waals surface area (Å²) in [4.78, 5) is 28.5. The van der Waals surface area contributed by atoms with Crippen LogP contribution >= 0.6 is 11.6 Å². The molecule has 0 unspecified atom stereocenters. The number of piperazine rings is 1. The second-order valence-corrected chi connectivity index (χ2v) is 7.12. The van der Waals surface area contributed by atoms with Gasteiger partial charge < -0.3 is 15.3 Å². The molecule has 1 aliphatic rings. The number of carbonyl (C=O) groups is 2. The molecule has 0 bridgehead atoms. The van der Waals surface area contributed by atoms with E-state index < -0.39 is 11.9 Å². The molecule has 0 spiro atoms. The average molecular weight is 413 g/mol. The largest absolute Gasteiger partial charge is 0.478 e. The third kappa shape index (κ3) is 5.05. The number of hydrogen-bond donors (Lipinski definition) is 2. The molecule has 1 amide bonds. The summed E-state index contributed by atoms with van der Waals surface area (Å²) in [6.07, 6.45) is 0.486. The Kier molecular flexibility index (Phi) is 6.70. The first-order chi connectivity index (χ1) is 14.0. The van der Waals surface area contributed by atoms with E-state index in [1.54, 1.807) is 36.4 Å². The third-order valence-corrected chi connectivity index (χ3v) is 5.19. The quantitative estimate of drug-likeness (QED) is 0.755. The van der Waals surface area contributed by atoms with Crippen LogP contribution in [-0.4, -0.2) is 54.6 Å². The molecular weight excluding hydrogens is 392 g/mol. The molecule has 7 nitrogen and oxygen atoms in total. The molecular formula is C21H21ClN4O3. The summed E-state index contributed by atoms with van der Waals surface area (Å²) in [6.45, 7) is 3.62. The minimum atomic E-state index is -1.05. The van der Waals surface area contributed by atoms with Crippen LogP contribution in [0.25, 0.3) is 0 Å². The van der Waals surface area contributed by atoms with E-state index >= 15 is 0 Å². The fourth-order valence-electron chi connectivity index (χ4n) is 3.33. The lowest BCUT2D eigenvalue weighted by Crippen LogP contribution is -2.47. The first-order valence-electron chi connectivity index (χ1n) is 9.27. The maximum Gasteiger partial charge on any atom is 0.337 e. The van der Waals surface area contributed by atoms with Crippen LogP contribution in [0.15, 0.2) is 42.5 Å². The zero-order chi connectivity index (χ0) is 20.8. The average Bonchev–Trinajstić information content (AvgIpc) is 2.73. The number of rotatable bonds is 6. The molecule has 8 heteroatoms. The highest BCUT2D eigenvalue weighted by Crippen LogP contribution is 2.26. The normalized spacial score (nSPS) is 14.3. The van der Waals surface area contributed by atoms with E-state index in [2.05, 4.69) is 16.3 Å². The van der Waals surface area contributed by atoms with E-state index in [-0.39, 0.29) is 5.56 Å². The van der Waals surface area contributed by atoms with Gasteiger partial charge >= 0.3 is 5.97 Å². The Morgan fingerprint density at radius 1 is 1.10 bits per heavy atom. The van der Waals surface area contributed by atoms with Crippen molar-refractivity contribution in [2.75, 3.05) is 42.9 Å². The van der Waals surface area contributed by atoms with Crippen LogP contribution < -0.4 is 10.2 Å². The minimum Gasteiger partial charge on any atom is -0.478 e. The van der Waals surface area contributed by atoms with Crippen LogP contribution in [0.5, 0.6) is 0 Å². The van der Waals surface area contributed by atoms with Crippen LogP contribution in [0.2, 0.25) is 5.02 Å². The van der Waals surface area contributed by atoms with E-state index in [0.29, 0.717) is 41.5 Å². The Bertz CT molecular complexity index is 949. The second-order valence-electron chi connectivity index (χ2n) is 6.71.